The Morgan fingerprint density at radius 2 is 1.65 bits per heavy atom. The van der Waals surface area contributed by atoms with E-state index in [1.807, 2.05) is 62.4 Å². The highest BCUT2D eigenvalue weighted by Gasteiger charge is 2.15. The first-order valence-electron chi connectivity index (χ1n) is 6.69. The lowest BCUT2D eigenvalue weighted by atomic mass is 10.1. The van der Waals surface area contributed by atoms with E-state index in [0.717, 1.165) is 16.6 Å². The predicted molar refractivity (Wildman–Crippen MR) is 87.6 cm³/mol. The summed E-state index contributed by atoms with van der Waals surface area (Å²) in [7, 11) is 0. The summed E-state index contributed by atoms with van der Waals surface area (Å²) in [4.78, 5) is 14.4. The summed E-state index contributed by atoms with van der Waals surface area (Å²) in [6, 6.07) is 15.8. The number of rotatable bonds is 4. The number of anilines is 1. The van der Waals surface area contributed by atoms with Crippen molar-refractivity contribution in [3.8, 4) is 0 Å². The number of hydrogen-bond donors (Lipinski definition) is 0. The predicted octanol–water partition coefficient (Wildman–Crippen LogP) is 4.56. The first kappa shape index (κ1) is 14.8. The van der Waals surface area contributed by atoms with Gasteiger partial charge in [0, 0.05) is 23.1 Å². The smallest absolute Gasteiger partial charge is 0.258 e. The lowest BCUT2D eigenvalue weighted by Gasteiger charge is -2.21. The Morgan fingerprint density at radius 1 is 1.05 bits per heavy atom. The van der Waals surface area contributed by atoms with Crippen molar-refractivity contribution in [1.82, 2.24) is 0 Å². The zero-order chi connectivity index (χ0) is 14.5. The molecule has 3 heteroatoms. The number of halogens is 1. The van der Waals surface area contributed by atoms with E-state index in [9.17, 15) is 4.79 Å². The number of carbonyl (C=O) groups is 1. The van der Waals surface area contributed by atoms with Crippen molar-refractivity contribution in [1.29, 1.82) is 0 Å². The molecule has 20 heavy (non-hydrogen) atoms. The Hall–Kier alpha value is -1.61. The fourth-order valence-corrected chi connectivity index (χ4v) is 2.43. The Labute approximate surface area is 128 Å². The van der Waals surface area contributed by atoms with Crippen LogP contribution in [-0.4, -0.2) is 12.5 Å². The summed E-state index contributed by atoms with van der Waals surface area (Å²) in [5.41, 5.74) is 4.02. The van der Waals surface area contributed by atoms with Crippen LogP contribution in [0, 0.1) is 6.92 Å². The van der Waals surface area contributed by atoms with E-state index < -0.39 is 0 Å². The minimum absolute atomic E-state index is 0.0393. The van der Waals surface area contributed by atoms with Gasteiger partial charge in [0.15, 0.2) is 0 Å². The third kappa shape index (κ3) is 3.28. The molecule has 0 spiro atoms. The largest absolute Gasteiger partial charge is 0.309 e. The Bertz CT molecular complexity index is 575. The van der Waals surface area contributed by atoms with Crippen molar-refractivity contribution in [3.63, 3.8) is 0 Å². The zero-order valence-corrected chi connectivity index (χ0v) is 13.4. The van der Waals surface area contributed by atoms with Crippen LogP contribution in [0.3, 0.4) is 0 Å². The summed E-state index contributed by atoms with van der Waals surface area (Å²) in [6.07, 6.45) is 0. The van der Waals surface area contributed by atoms with Gasteiger partial charge in [-0.15, -0.1) is 0 Å². The highest BCUT2D eigenvalue weighted by atomic mass is 79.9. The molecule has 0 aromatic heterocycles. The maximum atomic E-state index is 12.6. The van der Waals surface area contributed by atoms with Crippen LogP contribution in [0.2, 0.25) is 0 Å². The summed E-state index contributed by atoms with van der Waals surface area (Å²) in [5, 5.41) is 0.803. The second-order valence-corrected chi connectivity index (χ2v) is 5.28. The van der Waals surface area contributed by atoms with Gasteiger partial charge in [0.05, 0.1) is 0 Å². The van der Waals surface area contributed by atoms with Crippen LogP contribution < -0.4 is 4.90 Å². The molecule has 0 bridgehead atoms. The Balaban J connectivity index is 2.26. The number of aryl methyl sites for hydroxylation is 1. The molecule has 2 aromatic rings. The molecule has 0 aliphatic carbocycles. The van der Waals surface area contributed by atoms with Gasteiger partial charge in [0.1, 0.15) is 0 Å². The van der Waals surface area contributed by atoms with Crippen LogP contribution in [0.25, 0.3) is 0 Å². The van der Waals surface area contributed by atoms with Crippen LogP contribution >= 0.6 is 15.9 Å². The summed E-state index contributed by atoms with van der Waals surface area (Å²) >= 11 is 3.41. The van der Waals surface area contributed by atoms with Gasteiger partial charge in [-0.2, -0.15) is 0 Å². The number of amides is 1. The highest BCUT2D eigenvalue weighted by molar-refractivity contribution is 9.08. The van der Waals surface area contributed by atoms with Crippen molar-refractivity contribution in [2.24, 2.45) is 0 Å². The highest BCUT2D eigenvalue weighted by Crippen LogP contribution is 2.18. The molecule has 2 nitrogen and oxygen atoms in total. The average Bonchev–Trinajstić information content (AvgIpc) is 2.50. The zero-order valence-electron chi connectivity index (χ0n) is 11.8. The van der Waals surface area contributed by atoms with Crippen LogP contribution in [0.15, 0.2) is 48.5 Å². The SMILES string of the molecule is CCN(C(=O)c1ccc(CBr)cc1)c1ccc(C)cc1. The molecule has 104 valence electrons. The third-order valence-corrected chi connectivity index (χ3v) is 3.91. The molecule has 0 fully saturated rings. The number of alkyl halides is 1. The molecule has 2 aromatic carbocycles. The van der Waals surface area contributed by atoms with E-state index in [0.29, 0.717) is 6.54 Å². The van der Waals surface area contributed by atoms with E-state index in [1.54, 1.807) is 4.90 Å². The molecule has 0 saturated heterocycles. The molecule has 0 heterocycles. The van der Waals surface area contributed by atoms with E-state index in [1.165, 1.54) is 11.1 Å². The summed E-state index contributed by atoms with van der Waals surface area (Å²) in [6.45, 7) is 4.69. The van der Waals surface area contributed by atoms with Crippen LogP contribution in [-0.2, 0) is 5.33 Å². The number of carbonyl (C=O) groups excluding carboxylic acids is 1. The lowest BCUT2D eigenvalue weighted by molar-refractivity contribution is 0.0988. The van der Waals surface area contributed by atoms with Crippen LogP contribution in [0.1, 0.15) is 28.4 Å². The van der Waals surface area contributed by atoms with Crippen molar-refractivity contribution in [3.05, 3.63) is 65.2 Å². The molecule has 0 atom stereocenters. The van der Waals surface area contributed by atoms with Gasteiger partial charge in [0.2, 0.25) is 0 Å². The fraction of sp³-hybridized carbons (Fsp3) is 0.235. The van der Waals surface area contributed by atoms with Crippen molar-refractivity contribution in [2.75, 3.05) is 11.4 Å². The normalized spacial score (nSPS) is 10.3. The first-order valence-corrected chi connectivity index (χ1v) is 7.81. The number of benzene rings is 2. The standard InChI is InChI=1S/C17H18BrNO/c1-3-19(16-10-4-13(2)5-11-16)17(20)15-8-6-14(12-18)7-9-15/h4-11H,3,12H2,1-2H3. The number of hydrogen-bond acceptors (Lipinski definition) is 1. The Kier molecular flexibility index (Phi) is 4.96. The number of nitrogens with zero attached hydrogens (tertiary/aromatic N) is 1. The van der Waals surface area contributed by atoms with E-state index >= 15 is 0 Å². The second-order valence-electron chi connectivity index (χ2n) is 4.72. The molecule has 0 unspecified atom stereocenters. The molecule has 0 N–H and O–H groups in total. The molecule has 0 aliphatic heterocycles. The second kappa shape index (κ2) is 6.71. The monoisotopic (exact) mass is 331 g/mol. The van der Waals surface area contributed by atoms with Crippen molar-refractivity contribution < 1.29 is 4.79 Å². The van der Waals surface area contributed by atoms with E-state index in [4.69, 9.17) is 0 Å². The third-order valence-electron chi connectivity index (χ3n) is 3.26. The maximum Gasteiger partial charge on any atom is 0.258 e. The molecule has 2 rings (SSSR count). The van der Waals surface area contributed by atoms with Crippen molar-refractivity contribution >= 4 is 27.5 Å². The van der Waals surface area contributed by atoms with Crippen LogP contribution in [0.4, 0.5) is 5.69 Å². The lowest BCUT2D eigenvalue weighted by Crippen LogP contribution is -2.30. The molecular formula is C17H18BrNO. The minimum atomic E-state index is 0.0393. The van der Waals surface area contributed by atoms with Gasteiger partial charge in [-0.05, 0) is 43.7 Å². The van der Waals surface area contributed by atoms with Gasteiger partial charge >= 0.3 is 0 Å². The summed E-state index contributed by atoms with van der Waals surface area (Å²) in [5.74, 6) is 0.0393. The van der Waals surface area contributed by atoms with Crippen LogP contribution in [0.5, 0.6) is 0 Å². The molecule has 0 radical (unpaired) electrons. The average molecular weight is 332 g/mol. The van der Waals surface area contributed by atoms with Gasteiger partial charge in [-0.3, -0.25) is 4.79 Å². The fourth-order valence-electron chi connectivity index (χ4n) is 2.06. The quantitative estimate of drug-likeness (QED) is 0.752. The minimum Gasteiger partial charge on any atom is -0.309 e. The van der Waals surface area contributed by atoms with E-state index in [2.05, 4.69) is 15.9 Å². The Morgan fingerprint density at radius 3 is 2.15 bits per heavy atom. The maximum absolute atomic E-state index is 12.6. The molecule has 0 saturated carbocycles. The first-order chi connectivity index (χ1) is 9.65. The summed E-state index contributed by atoms with van der Waals surface area (Å²) < 4.78 is 0. The van der Waals surface area contributed by atoms with Gasteiger partial charge in [-0.25, -0.2) is 0 Å². The molecular weight excluding hydrogens is 314 g/mol. The molecule has 0 aliphatic rings. The van der Waals surface area contributed by atoms with Gasteiger partial charge < -0.3 is 4.90 Å². The van der Waals surface area contributed by atoms with Gasteiger partial charge in [0.25, 0.3) is 5.91 Å². The topological polar surface area (TPSA) is 20.3 Å². The van der Waals surface area contributed by atoms with E-state index in [-0.39, 0.29) is 5.91 Å². The molecule has 1 amide bonds. The van der Waals surface area contributed by atoms with Gasteiger partial charge in [-0.1, -0.05) is 45.8 Å². The van der Waals surface area contributed by atoms with Crippen molar-refractivity contribution in [2.45, 2.75) is 19.2 Å².